The van der Waals surface area contributed by atoms with Crippen molar-refractivity contribution in [3.63, 3.8) is 0 Å². The first-order valence-electron chi connectivity index (χ1n) is 6.05. The van der Waals surface area contributed by atoms with E-state index in [4.69, 9.17) is 10.5 Å². The zero-order valence-electron chi connectivity index (χ0n) is 11.9. The van der Waals surface area contributed by atoms with Crippen molar-refractivity contribution < 1.29 is 4.74 Å². The standard InChI is InChI=1S/C13H23N5O/c1-11(7-17-12(2)9-19-4)13(18-10-14)8-16-6-5-15-3/h7-8,10,12H,3,5-6,9H2,1-2,4H3,(H2,14,18)/t12-/m1/s1. The number of hydrogen-bond acceptors (Lipinski definition) is 5. The SMILES string of the molecule is C=NCCN=CC(N=CN)=C(C)C=N[C@H](C)COC. The molecule has 6 nitrogen and oxygen atoms in total. The van der Waals surface area contributed by atoms with E-state index >= 15 is 0 Å². The minimum Gasteiger partial charge on any atom is -0.390 e. The number of nitrogens with two attached hydrogens (primary N) is 1. The fourth-order valence-electron chi connectivity index (χ4n) is 1.19. The van der Waals surface area contributed by atoms with Crippen LogP contribution in [0.1, 0.15) is 13.8 Å². The Hall–Kier alpha value is -1.82. The second kappa shape index (κ2) is 11.3. The molecule has 19 heavy (non-hydrogen) atoms. The molecule has 0 saturated carbocycles. The van der Waals surface area contributed by atoms with Crippen LogP contribution in [-0.4, -0.2) is 58.3 Å². The largest absolute Gasteiger partial charge is 0.390 e. The van der Waals surface area contributed by atoms with E-state index in [0.717, 1.165) is 5.57 Å². The summed E-state index contributed by atoms with van der Waals surface area (Å²) in [7, 11) is 1.65. The van der Waals surface area contributed by atoms with Gasteiger partial charge in [-0.05, 0) is 26.1 Å². The Morgan fingerprint density at radius 3 is 2.68 bits per heavy atom. The van der Waals surface area contributed by atoms with Crippen LogP contribution in [0.4, 0.5) is 0 Å². The molecular formula is C13H23N5O. The van der Waals surface area contributed by atoms with E-state index in [0.29, 0.717) is 25.4 Å². The molecule has 0 spiro atoms. The zero-order valence-corrected chi connectivity index (χ0v) is 11.9. The van der Waals surface area contributed by atoms with Crippen molar-refractivity contribution in [1.82, 2.24) is 0 Å². The Balaban J connectivity index is 4.75. The highest BCUT2D eigenvalue weighted by Crippen LogP contribution is 2.02. The number of ether oxygens (including phenoxy) is 1. The van der Waals surface area contributed by atoms with E-state index in [-0.39, 0.29) is 6.04 Å². The second-order valence-corrected chi connectivity index (χ2v) is 3.91. The van der Waals surface area contributed by atoms with E-state index in [9.17, 15) is 0 Å². The Morgan fingerprint density at radius 1 is 1.37 bits per heavy atom. The van der Waals surface area contributed by atoms with Gasteiger partial charge in [-0.15, -0.1) is 0 Å². The summed E-state index contributed by atoms with van der Waals surface area (Å²) in [6.07, 6.45) is 4.66. The van der Waals surface area contributed by atoms with E-state index in [1.54, 1.807) is 19.5 Å². The molecule has 0 radical (unpaired) electrons. The van der Waals surface area contributed by atoms with Gasteiger partial charge in [-0.1, -0.05) is 0 Å². The van der Waals surface area contributed by atoms with Crippen LogP contribution in [0.5, 0.6) is 0 Å². The van der Waals surface area contributed by atoms with Gasteiger partial charge in [-0.25, -0.2) is 4.99 Å². The summed E-state index contributed by atoms with van der Waals surface area (Å²) in [5.41, 5.74) is 6.89. The van der Waals surface area contributed by atoms with Gasteiger partial charge in [0.1, 0.15) is 0 Å². The molecule has 0 unspecified atom stereocenters. The summed E-state index contributed by atoms with van der Waals surface area (Å²) in [5, 5.41) is 0. The van der Waals surface area contributed by atoms with Gasteiger partial charge < -0.3 is 10.5 Å². The molecule has 0 amide bonds. The highest BCUT2D eigenvalue weighted by atomic mass is 16.5. The lowest BCUT2D eigenvalue weighted by Crippen LogP contribution is -2.07. The number of aliphatic imine (C=N–C) groups is 4. The quantitative estimate of drug-likeness (QED) is 0.385. The topological polar surface area (TPSA) is 84.7 Å². The minimum atomic E-state index is 0.102. The lowest BCUT2D eigenvalue weighted by molar-refractivity contribution is 0.186. The molecule has 6 heteroatoms. The van der Waals surface area contributed by atoms with Crippen LogP contribution in [0, 0.1) is 0 Å². The molecule has 0 rings (SSSR count). The summed E-state index contributed by atoms with van der Waals surface area (Å²) in [6, 6.07) is 0.102. The second-order valence-electron chi connectivity index (χ2n) is 3.91. The van der Waals surface area contributed by atoms with Gasteiger partial charge in [-0.2, -0.15) is 0 Å². The van der Waals surface area contributed by atoms with Crippen LogP contribution in [0.3, 0.4) is 0 Å². The normalized spacial score (nSPS) is 15.3. The molecule has 0 heterocycles. The van der Waals surface area contributed by atoms with E-state index in [1.165, 1.54) is 6.34 Å². The van der Waals surface area contributed by atoms with Crippen molar-refractivity contribution in [2.24, 2.45) is 25.7 Å². The van der Waals surface area contributed by atoms with Crippen LogP contribution in [-0.2, 0) is 4.74 Å². The first-order valence-corrected chi connectivity index (χ1v) is 6.05. The predicted molar refractivity (Wildman–Crippen MR) is 83.0 cm³/mol. The molecule has 0 aromatic rings. The molecule has 0 aliphatic heterocycles. The monoisotopic (exact) mass is 265 g/mol. The Kier molecular flexibility index (Phi) is 10.2. The fraction of sp³-hybridized carbons (Fsp3) is 0.538. The van der Waals surface area contributed by atoms with Gasteiger partial charge in [-0.3, -0.25) is 15.0 Å². The van der Waals surface area contributed by atoms with Crippen molar-refractivity contribution >= 4 is 25.5 Å². The third kappa shape index (κ3) is 8.84. The maximum atomic E-state index is 5.32. The number of nitrogens with zero attached hydrogens (tertiary/aromatic N) is 4. The number of hydrogen-bond donors (Lipinski definition) is 1. The highest BCUT2D eigenvalue weighted by molar-refractivity contribution is 5.91. The van der Waals surface area contributed by atoms with Crippen molar-refractivity contribution in [1.29, 1.82) is 0 Å². The average molecular weight is 265 g/mol. The van der Waals surface area contributed by atoms with Crippen molar-refractivity contribution in [3.8, 4) is 0 Å². The third-order valence-electron chi connectivity index (χ3n) is 2.15. The van der Waals surface area contributed by atoms with Crippen molar-refractivity contribution in [3.05, 3.63) is 11.3 Å². The van der Waals surface area contributed by atoms with Gasteiger partial charge in [0.15, 0.2) is 0 Å². The number of allylic oxidation sites excluding steroid dienone is 2. The zero-order chi connectivity index (χ0) is 14.5. The summed E-state index contributed by atoms with van der Waals surface area (Å²) in [5.74, 6) is 0. The molecule has 0 aliphatic rings. The van der Waals surface area contributed by atoms with Crippen LogP contribution < -0.4 is 5.73 Å². The van der Waals surface area contributed by atoms with Crippen LogP contribution in [0.25, 0.3) is 0 Å². The smallest absolute Gasteiger partial charge is 0.0869 e. The first kappa shape index (κ1) is 17.2. The maximum absolute atomic E-state index is 5.32. The third-order valence-corrected chi connectivity index (χ3v) is 2.15. The number of rotatable bonds is 9. The molecule has 0 aromatic carbocycles. The summed E-state index contributed by atoms with van der Waals surface area (Å²) in [6.45, 7) is 9.03. The lowest BCUT2D eigenvalue weighted by Gasteiger charge is -2.04. The Morgan fingerprint density at radius 2 is 2.11 bits per heavy atom. The van der Waals surface area contributed by atoms with E-state index in [2.05, 4.69) is 26.7 Å². The fourth-order valence-corrected chi connectivity index (χ4v) is 1.19. The van der Waals surface area contributed by atoms with Crippen LogP contribution in [0.15, 0.2) is 31.2 Å². The van der Waals surface area contributed by atoms with Gasteiger partial charge in [0.25, 0.3) is 0 Å². The van der Waals surface area contributed by atoms with E-state index in [1.807, 2.05) is 13.8 Å². The minimum absolute atomic E-state index is 0.102. The van der Waals surface area contributed by atoms with Gasteiger partial charge in [0.2, 0.25) is 0 Å². The molecule has 0 aromatic heterocycles. The molecule has 0 saturated heterocycles. The molecule has 106 valence electrons. The van der Waals surface area contributed by atoms with Crippen molar-refractivity contribution in [2.75, 3.05) is 26.8 Å². The predicted octanol–water partition coefficient (Wildman–Crippen LogP) is 1.12. The summed E-state index contributed by atoms with van der Waals surface area (Å²) < 4.78 is 5.01. The Labute approximate surface area is 114 Å². The molecule has 0 aliphatic carbocycles. The van der Waals surface area contributed by atoms with Gasteiger partial charge in [0.05, 0.1) is 37.8 Å². The summed E-state index contributed by atoms with van der Waals surface area (Å²) >= 11 is 0. The average Bonchev–Trinajstić information content (AvgIpc) is 2.40. The van der Waals surface area contributed by atoms with Gasteiger partial charge >= 0.3 is 0 Å². The molecule has 1 atom stereocenters. The highest BCUT2D eigenvalue weighted by Gasteiger charge is 1.98. The first-order chi connectivity index (χ1) is 9.15. The maximum Gasteiger partial charge on any atom is 0.0869 e. The van der Waals surface area contributed by atoms with Crippen molar-refractivity contribution in [2.45, 2.75) is 19.9 Å². The summed E-state index contributed by atoms with van der Waals surface area (Å²) in [4.78, 5) is 16.3. The number of methoxy groups -OCH3 is 1. The Bertz CT molecular complexity index is 371. The van der Waals surface area contributed by atoms with Gasteiger partial charge in [0, 0.05) is 19.5 Å². The van der Waals surface area contributed by atoms with E-state index < -0.39 is 0 Å². The molecular weight excluding hydrogens is 242 g/mol. The molecule has 2 N–H and O–H groups in total. The van der Waals surface area contributed by atoms with Crippen LogP contribution >= 0.6 is 0 Å². The molecule has 0 fully saturated rings. The lowest BCUT2D eigenvalue weighted by atomic mass is 10.2. The molecule has 0 bridgehead atoms. The van der Waals surface area contributed by atoms with Crippen LogP contribution in [0.2, 0.25) is 0 Å².